The maximum Gasteiger partial charge on any atom is 0.321 e. The summed E-state index contributed by atoms with van der Waals surface area (Å²) in [4.78, 5) is 24.3. The lowest BCUT2D eigenvalue weighted by atomic mass is 10.0. The fourth-order valence-electron chi connectivity index (χ4n) is 3.98. The Morgan fingerprint density at radius 1 is 0.917 bits per heavy atom. The van der Waals surface area contributed by atoms with Crippen LogP contribution in [0.25, 0.3) is 5.69 Å². The molecule has 3 aromatic carbocycles. The minimum atomic E-state index is -0.941. The number of carbonyl (C=O) groups is 1. The molecular weight excluding hydrogens is 464 g/mol. The van der Waals surface area contributed by atoms with Crippen molar-refractivity contribution in [3.05, 3.63) is 129 Å². The zero-order chi connectivity index (χ0) is 25.7. The van der Waals surface area contributed by atoms with Crippen molar-refractivity contribution < 1.29 is 18.7 Å². The summed E-state index contributed by atoms with van der Waals surface area (Å²) >= 11 is 0. The quantitative estimate of drug-likeness (QED) is 0.329. The van der Waals surface area contributed by atoms with Gasteiger partial charge in [0, 0.05) is 25.1 Å². The molecule has 0 spiro atoms. The first kappa shape index (κ1) is 24.8. The molecule has 0 saturated carbocycles. The maximum absolute atomic E-state index is 14.1. The van der Waals surface area contributed by atoms with Crippen LogP contribution >= 0.6 is 0 Å². The first-order valence-corrected chi connectivity index (χ1v) is 11.4. The standard InChI is InChI=1S/C28H25F2N3O3/c29-22-10-8-20(24(30)16-22)15-21-9-13-26(34)33(27(21)31)23-11-6-19(7-12-23)17-32-25(28(35)36)14-18-4-2-1-3-5-18/h1-13,16,25,32H,14-15,17,31H2,(H,35,36)/t25-/m0/s1. The Kier molecular flexibility index (Phi) is 7.56. The number of nitrogen functional groups attached to an aromatic ring is 1. The molecule has 4 aromatic rings. The molecule has 1 atom stereocenters. The summed E-state index contributed by atoms with van der Waals surface area (Å²) in [5.41, 5.74) is 8.97. The predicted octanol–water partition coefficient (Wildman–Crippen LogP) is 4.07. The number of nitrogens with two attached hydrogens (primary N) is 1. The maximum atomic E-state index is 14.1. The molecule has 6 nitrogen and oxygen atoms in total. The number of halogens is 2. The van der Waals surface area contributed by atoms with Gasteiger partial charge in [0.15, 0.2) is 0 Å². The third kappa shape index (κ3) is 5.84. The van der Waals surface area contributed by atoms with Crippen molar-refractivity contribution in [2.24, 2.45) is 0 Å². The number of aromatic nitrogens is 1. The molecule has 36 heavy (non-hydrogen) atoms. The third-order valence-electron chi connectivity index (χ3n) is 5.94. The minimum absolute atomic E-state index is 0.0955. The second kappa shape index (κ2) is 11.0. The molecular formula is C28H25F2N3O3. The molecule has 0 saturated heterocycles. The van der Waals surface area contributed by atoms with E-state index in [9.17, 15) is 23.5 Å². The van der Waals surface area contributed by atoms with Crippen LogP contribution in [-0.4, -0.2) is 21.7 Å². The van der Waals surface area contributed by atoms with Gasteiger partial charge >= 0.3 is 5.97 Å². The lowest BCUT2D eigenvalue weighted by Crippen LogP contribution is -2.38. The lowest BCUT2D eigenvalue weighted by Gasteiger charge is -2.16. The van der Waals surface area contributed by atoms with Gasteiger partial charge in [-0.2, -0.15) is 0 Å². The Labute approximate surface area is 206 Å². The van der Waals surface area contributed by atoms with Crippen LogP contribution in [0, 0.1) is 11.6 Å². The Hall–Kier alpha value is -4.30. The highest BCUT2D eigenvalue weighted by atomic mass is 19.1. The van der Waals surface area contributed by atoms with Crippen LogP contribution < -0.4 is 16.6 Å². The molecule has 0 aliphatic heterocycles. The zero-order valence-corrected chi connectivity index (χ0v) is 19.3. The third-order valence-corrected chi connectivity index (χ3v) is 5.94. The van der Waals surface area contributed by atoms with E-state index in [-0.39, 0.29) is 23.4 Å². The van der Waals surface area contributed by atoms with E-state index < -0.39 is 23.6 Å². The number of aliphatic carboxylic acids is 1. The molecule has 0 unspecified atom stereocenters. The normalized spacial score (nSPS) is 11.8. The summed E-state index contributed by atoms with van der Waals surface area (Å²) in [5.74, 6) is -2.13. The summed E-state index contributed by atoms with van der Waals surface area (Å²) in [6, 6.07) is 21.8. The van der Waals surface area contributed by atoms with Gasteiger partial charge in [-0.05, 0) is 52.9 Å². The monoisotopic (exact) mass is 489 g/mol. The average molecular weight is 490 g/mol. The van der Waals surface area contributed by atoms with Crippen LogP contribution in [0.4, 0.5) is 14.6 Å². The van der Waals surface area contributed by atoms with Gasteiger partial charge < -0.3 is 16.2 Å². The van der Waals surface area contributed by atoms with Crippen molar-refractivity contribution in [1.29, 1.82) is 0 Å². The molecule has 0 bridgehead atoms. The van der Waals surface area contributed by atoms with E-state index in [2.05, 4.69) is 5.32 Å². The van der Waals surface area contributed by atoms with Crippen molar-refractivity contribution in [3.63, 3.8) is 0 Å². The van der Waals surface area contributed by atoms with Crippen LogP contribution in [0.3, 0.4) is 0 Å². The molecule has 4 N–H and O–H groups in total. The number of rotatable bonds is 9. The molecule has 184 valence electrons. The molecule has 0 fully saturated rings. The van der Waals surface area contributed by atoms with E-state index in [1.54, 1.807) is 24.3 Å². The number of pyridine rings is 1. The van der Waals surface area contributed by atoms with Crippen molar-refractivity contribution in [1.82, 2.24) is 9.88 Å². The molecule has 0 radical (unpaired) electrons. The number of carboxylic acid groups (broad SMARTS) is 1. The molecule has 0 aliphatic rings. The van der Waals surface area contributed by atoms with Gasteiger partial charge in [0.25, 0.3) is 5.56 Å². The molecule has 4 rings (SSSR count). The first-order valence-electron chi connectivity index (χ1n) is 11.4. The highest BCUT2D eigenvalue weighted by molar-refractivity contribution is 5.73. The number of nitrogens with zero attached hydrogens (tertiary/aromatic N) is 1. The van der Waals surface area contributed by atoms with Crippen molar-refractivity contribution in [2.45, 2.75) is 25.4 Å². The largest absolute Gasteiger partial charge is 0.480 e. The molecule has 1 heterocycles. The lowest BCUT2D eigenvalue weighted by molar-refractivity contribution is -0.139. The molecule has 8 heteroatoms. The SMILES string of the molecule is Nc1c(Cc2ccc(F)cc2F)ccc(=O)n1-c1ccc(CN[C@@H](Cc2ccccc2)C(=O)O)cc1. The Bertz CT molecular complexity index is 1420. The van der Waals surface area contributed by atoms with Gasteiger partial charge in [-0.1, -0.05) is 48.5 Å². The van der Waals surface area contributed by atoms with E-state index in [0.717, 1.165) is 17.2 Å². The summed E-state index contributed by atoms with van der Waals surface area (Å²) in [7, 11) is 0. The van der Waals surface area contributed by atoms with Crippen molar-refractivity contribution >= 4 is 11.8 Å². The van der Waals surface area contributed by atoms with Crippen molar-refractivity contribution in [2.75, 3.05) is 5.73 Å². The smallest absolute Gasteiger partial charge is 0.321 e. The number of hydrogen-bond acceptors (Lipinski definition) is 4. The summed E-state index contributed by atoms with van der Waals surface area (Å²) in [5, 5.41) is 12.6. The van der Waals surface area contributed by atoms with E-state index >= 15 is 0 Å². The predicted molar refractivity (Wildman–Crippen MR) is 134 cm³/mol. The number of anilines is 1. The number of carboxylic acids is 1. The Balaban J connectivity index is 1.50. The average Bonchev–Trinajstić information content (AvgIpc) is 2.86. The summed E-state index contributed by atoms with van der Waals surface area (Å²) in [6.07, 6.45) is 0.444. The molecule has 0 aliphatic carbocycles. The van der Waals surface area contributed by atoms with Crippen LogP contribution in [-0.2, 0) is 24.2 Å². The summed E-state index contributed by atoms with van der Waals surface area (Å²) in [6.45, 7) is 0.318. The van der Waals surface area contributed by atoms with Crippen LogP contribution in [0.2, 0.25) is 0 Å². The topological polar surface area (TPSA) is 97.4 Å². The van der Waals surface area contributed by atoms with Crippen LogP contribution in [0.15, 0.2) is 89.7 Å². The van der Waals surface area contributed by atoms with Gasteiger partial charge in [0.05, 0.1) is 5.69 Å². The molecule has 0 amide bonds. The Morgan fingerprint density at radius 3 is 2.28 bits per heavy atom. The zero-order valence-electron chi connectivity index (χ0n) is 19.3. The number of nitrogens with one attached hydrogen (secondary N) is 1. The Morgan fingerprint density at radius 2 is 1.61 bits per heavy atom. The van der Waals surface area contributed by atoms with Crippen LogP contribution in [0.5, 0.6) is 0 Å². The fourth-order valence-corrected chi connectivity index (χ4v) is 3.98. The minimum Gasteiger partial charge on any atom is -0.480 e. The van der Waals surface area contributed by atoms with Gasteiger partial charge in [-0.3, -0.25) is 14.2 Å². The second-order valence-electron chi connectivity index (χ2n) is 8.46. The first-order chi connectivity index (χ1) is 17.3. The highest BCUT2D eigenvalue weighted by Gasteiger charge is 2.17. The molecule has 1 aromatic heterocycles. The van der Waals surface area contributed by atoms with Gasteiger partial charge in [-0.25, -0.2) is 8.78 Å². The number of benzene rings is 3. The van der Waals surface area contributed by atoms with Gasteiger partial charge in [-0.15, -0.1) is 0 Å². The highest BCUT2D eigenvalue weighted by Crippen LogP contribution is 2.21. The summed E-state index contributed by atoms with van der Waals surface area (Å²) < 4.78 is 28.7. The van der Waals surface area contributed by atoms with E-state index in [0.29, 0.717) is 24.2 Å². The second-order valence-corrected chi connectivity index (χ2v) is 8.46. The van der Waals surface area contributed by atoms with Gasteiger partial charge in [0.2, 0.25) is 0 Å². The van der Waals surface area contributed by atoms with E-state index in [1.165, 1.54) is 28.8 Å². The fraction of sp³-hybridized carbons (Fsp3) is 0.143. The van der Waals surface area contributed by atoms with Crippen molar-refractivity contribution in [3.8, 4) is 5.69 Å². The van der Waals surface area contributed by atoms with Crippen LogP contribution in [0.1, 0.15) is 22.3 Å². The van der Waals surface area contributed by atoms with Gasteiger partial charge in [0.1, 0.15) is 23.5 Å². The van der Waals surface area contributed by atoms with E-state index in [1.807, 2.05) is 30.3 Å². The van der Waals surface area contributed by atoms with E-state index in [4.69, 9.17) is 5.73 Å². The number of hydrogen-bond donors (Lipinski definition) is 3.